The average Bonchev–Trinajstić information content (AvgIpc) is 2.82. The van der Waals surface area contributed by atoms with Crippen LogP contribution in [0.3, 0.4) is 0 Å². The smallest absolute Gasteiger partial charge is 0.308 e. The topological polar surface area (TPSA) is 79.8 Å². The second kappa shape index (κ2) is 10.0. The predicted molar refractivity (Wildman–Crippen MR) is 124 cm³/mol. The van der Waals surface area contributed by atoms with Crippen LogP contribution in [-0.2, 0) is 6.42 Å². The summed E-state index contributed by atoms with van der Waals surface area (Å²) in [6.07, 6.45) is 4.27. The molecular weight excluding hydrogens is 425 g/mol. The summed E-state index contributed by atoms with van der Waals surface area (Å²) in [5.41, 5.74) is 2.47. The van der Waals surface area contributed by atoms with Gasteiger partial charge >= 0.3 is 6.03 Å². The summed E-state index contributed by atoms with van der Waals surface area (Å²) >= 11 is 1.51. The lowest BCUT2D eigenvalue weighted by Crippen LogP contribution is -2.20. The van der Waals surface area contributed by atoms with Gasteiger partial charge in [0, 0.05) is 35.0 Å². The molecule has 6 nitrogen and oxygen atoms in total. The van der Waals surface area contributed by atoms with Gasteiger partial charge in [-0.05, 0) is 54.6 Å². The lowest BCUT2D eigenvalue weighted by Gasteiger charge is -2.10. The molecule has 2 aromatic heterocycles. The Balaban J connectivity index is 1.45. The first-order chi connectivity index (χ1) is 15.6. The van der Waals surface area contributed by atoms with Crippen molar-refractivity contribution in [1.82, 2.24) is 15.0 Å². The molecule has 0 saturated carbocycles. The predicted octanol–water partition coefficient (Wildman–Crippen LogP) is 6.04. The van der Waals surface area contributed by atoms with Crippen LogP contribution in [0.5, 0.6) is 0 Å². The lowest BCUT2D eigenvalue weighted by atomic mass is 10.2. The van der Waals surface area contributed by atoms with E-state index in [0.717, 1.165) is 33.4 Å². The minimum atomic E-state index is -0.516. The van der Waals surface area contributed by atoms with Gasteiger partial charge in [-0.2, -0.15) is 0 Å². The molecule has 0 bridgehead atoms. The maximum atomic E-state index is 13.7. The molecule has 0 atom stereocenters. The number of hydrogen-bond acceptors (Lipinski definition) is 5. The van der Waals surface area contributed by atoms with Gasteiger partial charge in [-0.1, -0.05) is 30.8 Å². The number of carbonyl (C=O) groups is 1. The molecule has 0 aliphatic heterocycles. The van der Waals surface area contributed by atoms with Gasteiger partial charge in [-0.25, -0.2) is 24.1 Å². The van der Waals surface area contributed by atoms with E-state index in [1.165, 1.54) is 23.9 Å². The molecule has 2 N–H and O–H groups in total. The number of pyridine rings is 1. The van der Waals surface area contributed by atoms with E-state index in [9.17, 15) is 9.18 Å². The number of nitrogens with zero attached hydrogens (tertiary/aromatic N) is 3. The zero-order valence-electron chi connectivity index (χ0n) is 17.2. The van der Waals surface area contributed by atoms with Crippen molar-refractivity contribution >= 4 is 29.2 Å². The van der Waals surface area contributed by atoms with Gasteiger partial charge in [0.2, 0.25) is 0 Å². The van der Waals surface area contributed by atoms with Crippen LogP contribution in [0.1, 0.15) is 12.7 Å². The van der Waals surface area contributed by atoms with E-state index in [0.29, 0.717) is 5.69 Å². The van der Waals surface area contributed by atoms with E-state index >= 15 is 0 Å². The summed E-state index contributed by atoms with van der Waals surface area (Å²) in [7, 11) is 0. The standard InChI is InChI=1S/C24H20FN5OS/c1-2-22-26-15-13-20(29-22)18-6-5-14-27-23(18)32-17-11-9-16(10-12-17)28-24(31)30-21-8-4-3-7-19(21)25/h3-15H,2H2,1H3,(H2,28,30,31). The Morgan fingerprint density at radius 3 is 2.53 bits per heavy atom. The molecule has 0 spiro atoms. The molecule has 0 radical (unpaired) electrons. The lowest BCUT2D eigenvalue weighted by molar-refractivity contribution is 0.262. The molecule has 0 unspecified atom stereocenters. The van der Waals surface area contributed by atoms with E-state index in [4.69, 9.17) is 0 Å². The van der Waals surface area contributed by atoms with Gasteiger partial charge in [-0.15, -0.1) is 0 Å². The first-order valence-corrected chi connectivity index (χ1v) is 10.8. The number of para-hydroxylation sites is 1. The summed E-state index contributed by atoms with van der Waals surface area (Å²) in [4.78, 5) is 26.5. The minimum Gasteiger partial charge on any atom is -0.308 e. The van der Waals surface area contributed by atoms with E-state index in [-0.39, 0.29) is 5.69 Å². The molecule has 0 aliphatic carbocycles. The van der Waals surface area contributed by atoms with Crippen LogP contribution in [0.25, 0.3) is 11.3 Å². The first kappa shape index (κ1) is 21.5. The molecule has 32 heavy (non-hydrogen) atoms. The summed E-state index contributed by atoms with van der Waals surface area (Å²) in [6, 6.07) is 18.6. The van der Waals surface area contributed by atoms with Crippen molar-refractivity contribution in [3.05, 3.63) is 90.8 Å². The Bertz CT molecular complexity index is 1230. The molecule has 2 aromatic carbocycles. The van der Waals surface area contributed by atoms with Crippen molar-refractivity contribution in [2.24, 2.45) is 0 Å². The van der Waals surface area contributed by atoms with E-state index in [2.05, 4.69) is 25.6 Å². The van der Waals surface area contributed by atoms with Gasteiger partial charge in [0.05, 0.1) is 11.4 Å². The first-order valence-electron chi connectivity index (χ1n) is 10.00. The number of rotatable bonds is 6. The van der Waals surface area contributed by atoms with Crippen molar-refractivity contribution in [2.75, 3.05) is 10.6 Å². The molecular formula is C24H20FN5OS. The number of halogens is 1. The molecule has 0 saturated heterocycles. The summed E-state index contributed by atoms with van der Waals surface area (Å²) in [5, 5.41) is 6.02. The molecule has 4 aromatic rings. The number of amides is 2. The van der Waals surface area contributed by atoms with Gasteiger partial charge in [0.1, 0.15) is 16.7 Å². The van der Waals surface area contributed by atoms with Crippen molar-refractivity contribution < 1.29 is 9.18 Å². The summed E-state index contributed by atoms with van der Waals surface area (Å²) in [5.74, 6) is 0.293. The van der Waals surface area contributed by atoms with Gasteiger partial charge in [-0.3, -0.25) is 0 Å². The highest BCUT2D eigenvalue weighted by Crippen LogP contribution is 2.34. The number of aryl methyl sites for hydroxylation is 1. The highest BCUT2D eigenvalue weighted by Gasteiger charge is 2.11. The SMILES string of the molecule is CCc1nccc(-c2cccnc2Sc2ccc(NC(=O)Nc3ccccc3F)cc2)n1. The molecule has 0 fully saturated rings. The number of nitrogens with one attached hydrogen (secondary N) is 2. The van der Waals surface area contributed by atoms with Crippen molar-refractivity contribution in [1.29, 1.82) is 0 Å². The molecule has 2 heterocycles. The number of carbonyl (C=O) groups excluding carboxylic acids is 1. The summed E-state index contributed by atoms with van der Waals surface area (Å²) < 4.78 is 13.7. The van der Waals surface area contributed by atoms with Crippen LogP contribution < -0.4 is 10.6 Å². The van der Waals surface area contributed by atoms with Crippen LogP contribution in [0.4, 0.5) is 20.6 Å². The zero-order valence-corrected chi connectivity index (χ0v) is 18.1. The molecule has 160 valence electrons. The maximum Gasteiger partial charge on any atom is 0.323 e. The Morgan fingerprint density at radius 1 is 0.938 bits per heavy atom. The summed E-state index contributed by atoms with van der Waals surface area (Å²) in [6.45, 7) is 2.02. The number of aromatic nitrogens is 3. The second-order valence-electron chi connectivity index (χ2n) is 6.75. The molecule has 4 rings (SSSR count). The van der Waals surface area contributed by atoms with Gasteiger partial charge in [0.15, 0.2) is 0 Å². The largest absolute Gasteiger partial charge is 0.323 e. The van der Waals surface area contributed by atoms with E-state index in [1.807, 2.05) is 37.3 Å². The Labute approximate surface area is 189 Å². The van der Waals surface area contributed by atoms with Crippen LogP contribution in [0, 0.1) is 5.82 Å². The zero-order chi connectivity index (χ0) is 22.3. The van der Waals surface area contributed by atoms with Gasteiger partial charge < -0.3 is 10.6 Å². The molecule has 0 aliphatic rings. The number of hydrogen-bond donors (Lipinski definition) is 2. The van der Waals surface area contributed by atoms with Crippen LogP contribution in [0.15, 0.2) is 89.0 Å². The van der Waals surface area contributed by atoms with Crippen molar-refractivity contribution in [3.63, 3.8) is 0 Å². The fourth-order valence-corrected chi connectivity index (χ4v) is 3.84. The average molecular weight is 446 g/mol. The molecule has 8 heteroatoms. The van der Waals surface area contributed by atoms with Crippen LogP contribution in [-0.4, -0.2) is 21.0 Å². The highest BCUT2D eigenvalue weighted by molar-refractivity contribution is 7.99. The highest BCUT2D eigenvalue weighted by atomic mass is 32.2. The van der Waals surface area contributed by atoms with Crippen LogP contribution in [0.2, 0.25) is 0 Å². The Kier molecular flexibility index (Phi) is 6.72. The number of anilines is 2. The monoisotopic (exact) mass is 445 g/mol. The minimum absolute atomic E-state index is 0.121. The second-order valence-corrected chi connectivity index (χ2v) is 7.82. The third kappa shape index (κ3) is 5.28. The Morgan fingerprint density at radius 2 is 1.75 bits per heavy atom. The third-order valence-electron chi connectivity index (χ3n) is 4.52. The van der Waals surface area contributed by atoms with Crippen molar-refractivity contribution in [3.8, 4) is 11.3 Å². The number of urea groups is 1. The maximum absolute atomic E-state index is 13.7. The van der Waals surface area contributed by atoms with Crippen molar-refractivity contribution in [2.45, 2.75) is 23.3 Å². The normalized spacial score (nSPS) is 10.6. The van der Waals surface area contributed by atoms with Crippen LogP contribution >= 0.6 is 11.8 Å². The number of benzene rings is 2. The Hall–Kier alpha value is -3.78. The fourth-order valence-electron chi connectivity index (χ4n) is 2.95. The van der Waals surface area contributed by atoms with E-state index < -0.39 is 11.8 Å². The molecule has 2 amide bonds. The third-order valence-corrected chi connectivity index (χ3v) is 5.54. The van der Waals surface area contributed by atoms with Gasteiger partial charge in [0.25, 0.3) is 0 Å². The fraction of sp³-hybridized carbons (Fsp3) is 0.0833. The van der Waals surface area contributed by atoms with E-state index in [1.54, 1.807) is 36.7 Å². The quantitative estimate of drug-likeness (QED) is 0.378.